The summed E-state index contributed by atoms with van der Waals surface area (Å²) in [6, 6.07) is 6.34. The minimum absolute atomic E-state index is 0.226. The molecule has 1 aromatic carbocycles. The van der Waals surface area contributed by atoms with Crippen molar-refractivity contribution in [3.63, 3.8) is 0 Å². The monoisotopic (exact) mass is 281 g/mol. The Morgan fingerprint density at radius 3 is 2.45 bits per heavy atom. The van der Waals surface area contributed by atoms with Gasteiger partial charge in [0.2, 0.25) is 0 Å². The number of ether oxygens (including phenoxy) is 3. The third-order valence-electron chi connectivity index (χ3n) is 2.99. The van der Waals surface area contributed by atoms with E-state index in [1.165, 1.54) is 5.56 Å². The Morgan fingerprint density at radius 1 is 1.10 bits per heavy atom. The second-order valence-electron chi connectivity index (χ2n) is 4.96. The zero-order valence-corrected chi connectivity index (χ0v) is 13.2. The molecule has 0 spiro atoms. The highest BCUT2D eigenvalue weighted by atomic mass is 16.5. The molecule has 0 fully saturated rings. The first-order chi connectivity index (χ1) is 9.58. The van der Waals surface area contributed by atoms with Crippen molar-refractivity contribution in [3.8, 4) is 11.5 Å². The lowest BCUT2D eigenvalue weighted by molar-refractivity contribution is 0.0547. The fraction of sp³-hybridized carbons (Fsp3) is 0.625. The van der Waals surface area contributed by atoms with E-state index < -0.39 is 0 Å². The van der Waals surface area contributed by atoms with Gasteiger partial charge in [-0.05, 0) is 45.0 Å². The highest BCUT2D eigenvalue weighted by Crippen LogP contribution is 2.30. The number of benzene rings is 1. The third kappa shape index (κ3) is 5.39. The minimum Gasteiger partial charge on any atom is -0.493 e. The lowest BCUT2D eigenvalue weighted by Crippen LogP contribution is -2.17. The lowest BCUT2D eigenvalue weighted by Gasteiger charge is -2.16. The molecule has 0 aliphatic rings. The summed E-state index contributed by atoms with van der Waals surface area (Å²) in [4.78, 5) is 0. The average molecular weight is 281 g/mol. The minimum atomic E-state index is 0.226. The number of methoxy groups -OCH3 is 1. The molecule has 114 valence electrons. The molecule has 4 nitrogen and oxygen atoms in total. The quantitative estimate of drug-likeness (QED) is 0.706. The zero-order chi connectivity index (χ0) is 15.0. The summed E-state index contributed by atoms with van der Waals surface area (Å²) in [6.45, 7) is 10.3. The fourth-order valence-corrected chi connectivity index (χ4v) is 1.93. The molecule has 0 aromatic heterocycles. The van der Waals surface area contributed by atoms with E-state index in [0.29, 0.717) is 19.3 Å². The molecule has 0 aliphatic carbocycles. The molecule has 1 unspecified atom stereocenters. The van der Waals surface area contributed by atoms with Crippen LogP contribution < -0.4 is 14.8 Å². The van der Waals surface area contributed by atoms with Crippen LogP contribution >= 0.6 is 0 Å². The first kappa shape index (κ1) is 16.8. The van der Waals surface area contributed by atoms with Gasteiger partial charge in [-0.3, -0.25) is 0 Å². The first-order valence-electron chi connectivity index (χ1n) is 7.24. The van der Waals surface area contributed by atoms with Crippen LogP contribution in [-0.2, 0) is 4.74 Å². The molecule has 1 rings (SSSR count). The summed E-state index contributed by atoms with van der Waals surface area (Å²) in [6.07, 6.45) is 0.226. The molecule has 0 aliphatic heterocycles. The SMILES string of the molecule is CCNC(C)c1ccc(OCCOC(C)C)c(OC)c1. The molecule has 0 amide bonds. The van der Waals surface area contributed by atoms with Gasteiger partial charge in [0.25, 0.3) is 0 Å². The van der Waals surface area contributed by atoms with Gasteiger partial charge in [-0.2, -0.15) is 0 Å². The molecule has 1 atom stereocenters. The van der Waals surface area contributed by atoms with Crippen molar-refractivity contribution in [2.24, 2.45) is 0 Å². The van der Waals surface area contributed by atoms with Crippen LogP contribution in [0.4, 0.5) is 0 Å². The average Bonchev–Trinajstić information content (AvgIpc) is 2.43. The van der Waals surface area contributed by atoms with E-state index in [4.69, 9.17) is 14.2 Å². The molecule has 4 heteroatoms. The van der Waals surface area contributed by atoms with Crippen LogP contribution in [0.2, 0.25) is 0 Å². The van der Waals surface area contributed by atoms with Crippen molar-refractivity contribution in [2.75, 3.05) is 26.9 Å². The summed E-state index contributed by atoms with van der Waals surface area (Å²) in [5.74, 6) is 1.52. The molecule has 1 N–H and O–H groups in total. The van der Waals surface area contributed by atoms with Gasteiger partial charge < -0.3 is 19.5 Å². The van der Waals surface area contributed by atoms with Gasteiger partial charge in [0.1, 0.15) is 6.61 Å². The van der Waals surface area contributed by atoms with Crippen molar-refractivity contribution in [2.45, 2.75) is 39.8 Å². The van der Waals surface area contributed by atoms with Crippen molar-refractivity contribution in [1.29, 1.82) is 0 Å². The Hall–Kier alpha value is -1.26. The maximum absolute atomic E-state index is 5.70. The third-order valence-corrected chi connectivity index (χ3v) is 2.99. The predicted octanol–water partition coefficient (Wildman–Crippen LogP) is 3.17. The van der Waals surface area contributed by atoms with Crippen molar-refractivity contribution in [3.05, 3.63) is 23.8 Å². The smallest absolute Gasteiger partial charge is 0.161 e. The van der Waals surface area contributed by atoms with E-state index in [-0.39, 0.29) is 6.10 Å². The van der Waals surface area contributed by atoms with Crippen LogP contribution in [0.25, 0.3) is 0 Å². The molecular formula is C16H27NO3. The van der Waals surface area contributed by atoms with Gasteiger partial charge in [0.15, 0.2) is 11.5 Å². The van der Waals surface area contributed by atoms with E-state index in [9.17, 15) is 0 Å². The van der Waals surface area contributed by atoms with E-state index in [0.717, 1.165) is 18.0 Å². The van der Waals surface area contributed by atoms with Gasteiger partial charge in [-0.1, -0.05) is 13.0 Å². The number of rotatable bonds is 9. The summed E-state index contributed by atoms with van der Waals surface area (Å²) in [7, 11) is 1.66. The fourth-order valence-electron chi connectivity index (χ4n) is 1.93. The van der Waals surface area contributed by atoms with Gasteiger partial charge in [-0.25, -0.2) is 0 Å². The molecule has 0 heterocycles. The van der Waals surface area contributed by atoms with Crippen LogP contribution in [0.15, 0.2) is 18.2 Å². The van der Waals surface area contributed by atoms with Crippen molar-refractivity contribution < 1.29 is 14.2 Å². The van der Waals surface area contributed by atoms with Crippen molar-refractivity contribution >= 4 is 0 Å². The largest absolute Gasteiger partial charge is 0.493 e. The van der Waals surface area contributed by atoms with Gasteiger partial charge in [0.05, 0.1) is 19.8 Å². The lowest BCUT2D eigenvalue weighted by atomic mass is 10.1. The van der Waals surface area contributed by atoms with Crippen LogP contribution in [-0.4, -0.2) is 33.0 Å². The van der Waals surface area contributed by atoms with E-state index >= 15 is 0 Å². The molecule has 0 saturated heterocycles. The highest BCUT2D eigenvalue weighted by Gasteiger charge is 2.10. The molecule has 20 heavy (non-hydrogen) atoms. The van der Waals surface area contributed by atoms with Crippen molar-refractivity contribution in [1.82, 2.24) is 5.32 Å². The van der Waals surface area contributed by atoms with Gasteiger partial charge >= 0.3 is 0 Å². The van der Waals surface area contributed by atoms with E-state index in [1.807, 2.05) is 26.0 Å². The van der Waals surface area contributed by atoms with Gasteiger partial charge in [0, 0.05) is 6.04 Å². The van der Waals surface area contributed by atoms with Crippen LogP contribution in [0.5, 0.6) is 11.5 Å². The highest BCUT2D eigenvalue weighted by molar-refractivity contribution is 5.43. The Bertz CT molecular complexity index is 393. The maximum atomic E-state index is 5.70. The topological polar surface area (TPSA) is 39.7 Å². The molecule has 0 saturated carbocycles. The summed E-state index contributed by atoms with van der Waals surface area (Å²) < 4.78 is 16.6. The normalized spacial score (nSPS) is 12.5. The second kappa shape index (κ2) is 8.82. The first-order valence-corrected chi connectivity index (χ1v) is 7.24. The standard InChI is InChI=1S/C16H27NO3/c1-6-17-13(4)14-7-8-15(16(11-14)18-5)20-10-9-19-12(2)3/h7-8,11-13,17H,6,9-10H2,1-5H3. The Kier molecular flexibility index (Phi) is 7.41. The predicted molar refractivity (Wildman–Crippen MR) is 81.7 cm³/mol. The summed E-state index contributed by atoms with van der Waals surface area (Å²) in [5.41, 5.74) is 1.19. The second-order valence-corrected chi connectivity index (χ2v) is 4.96. The Labute approximate surface area is 122 Å². The van der Waals surface area contributed by atoms with Crippen LogP contribution in [0.3, 0.4) is 0 Å². The van der Waals surface area contributed by atoms with E-state index in [1.54, 1.807) is 7.11 Å². The molecular weight excluding hydrogens is 254 g/mol. The van der Waals surface area contributed by atoms with Gasteiger partial charge in [-0.15, -0.1) is 0 Å². The zero-order valence-electron chi connectivity index (χ0n) is 13.2. The summed E-state index contributed by atoms with van der Waals surface area (Å²) in [5, 5.41) is 3.38. The van der Waals surface area contributed by atoms with Crippen LogP contribution in [0, 0.1) is 0 Å². The summed E-state index contributed by atoms with van der Waals surface area (Å²) >= 11 is 0. The number of nitrogens with one attached hydrogen (secondary N) is 1. The van der Waals surface area contributed by atoms with E-state index in [2.05, 4.69) is 25.2 Å². The Balaban J connectivity index is 2.63. The number of hydrogen-bond acceptors (Lipinski definition) is 4. The maximum Gasteiger partial charge on any atom is 0.161 e. The molecule has 1 aromatic rings. The molecule has 0 bridgehead atoms. The number of hydrogen-bond donors (Lipinski definition) is 1. The molecule has 0 radical (unpaired) electrons. The Morgan fingerprint density at radius 2 is 1.85 bits per heavy atom. The van der Waals surface area contributed by atoms with Crippen LogP contribution in [0.1, 0.15) is 39.3 Å².